The molecule has 9 heteroatoms. The van der Waals surface area contributed by atoms with Crippen molar-refractivity contribution >= 4 is 21.4 Å². The number of hydrogen-bond acceptors (Lipinski definition) is 7. The van der Waals surface area contributed by atoms with Crippen molar-refractivity contribution in [1.29, 1.82) is 0 Å². The number of aryl methyl sites for hydroxylation is 1. The van der Waals surface area contributed by atoms with Crippen LogP contribution in [0.25, 0.3) is 0 Å². The maximum atomic E-state index is 12.3. The number of thiophene rings is 1. The maximum absolute atomic E-state index is 12.3. The van der Waals surface area contributed by atoms with Crippen LogP contribution < -0.4 is 10.0 Å². The Morgan fingerprint density at radius 1 is 1.45 bits per heavy atom. The van der Waals surface area contributed by atoms with Crippen molar-refractivity contribution in [1.82, 2.24) is 20.2 Å². The predicted molar refractivity (Wildman–Crippen MR) is 75.0 cm³/mol. The van der Waals surface area contributed by atoms with Gasteiger partial charge in [-0.15, -0.1) is 11.3 Å². The fraction of sp³-hybridized carbons (Fsp3) is 0.455. The summed E-state index contributed by atoms with van der Waals surface area (Å²) >= 11 is 1.44. The van der Waals surface area contributed by atoms with E-state index in [-0.39, 0.29) is 6.54 Å². The second-order valence-corrected chi connectivity index (χ2v) is 6.86. The average molecular weight is 316 g/mol. The number of aromatic nitrogens is 2. The quantitative estimate of drug-likeness (QED) is 0.779. The molecular formula is C11H16N4O3S2. The molecule has 0 amide bonds. The molecule has 0 saturated carbocycles. The minimum absolute atomic E-state index is 0.232. The van der Waals surface area contributed by atoms with E-state index in [2.05, 4.69) is 24.7 Å². The molecule has 2 aromatic heterocycles. The summed E-state index contributed by atoms with van der Waals surface area (Å²) in [6.45, 7) is 2.55. The molecule has 0 aliphatic carbocycles. The molecule has 0 spiro atoms. The lowest BCUT2D eigenvalue weighted by molar-refractivity contribution is 0.410. The SMILES string of the molecule is CNCc1scc(C)c1S(=O)(=O)NCCc1ncon1. The zero-order valence-electron chi connectivity index (χ0n) is 11.2. The van der Waals surface area contributed by atoms with Gasteiger partial charge in [0.15, 0.2) is 5.82 Å². The molecule has 0 aliphatic rings. The second-order valence-electron chi connectivity index (χ2n) is 4.20. The monoisotopic (exact) mass is 316 g/mol. The van der Waals surface area contributed by atoms with Crippen LogP contribution in [0.5, 0.6) is 0 Å². The molecule has 7 nitrogen and oxygen atoms in total. The van der Waals surface area contributed by atoms with E-state index in [4.69, 9.17) is 0 Å². The Bertz CT molecular complexity index is 649. The second kappa shape index (κ2) is 6.44. The lowest BCUT2D eigenvalue weighted by Gasteiger charge is -2.08. The first-order valence-corrected chi connectivity index (χ1v) is 8.37. The highest BCUT2D eigenvalue weighted by molar-refractivity contribution is 7.89. The van der Waals surface area contributed by atoms with Crippen LogP contribution in [0.15, 0.2) is 21.2 Å². The van der Waals surface area contributed by atoms with E-state index in [1.54, 1.807) is 14.0 Å². The zero-order chi connectivity index (χ0) is 14.6. The lowest BCUT2D eigenvalue weighted by Crippen LogP contribution is -2.27. The number of rotatable bonds is 7. The minimum atomic E-state index is -3.52. The van der Waals surface area contributed by atoms with Crippen molar-refractivity contribution in [3.05, 3.63) is 28.0 Å². The first-order chi connectivity index (χ1) is 9.54. The number of nitrogens with one attached hydrogen (secondary N) is 2. The molecule has 2 N–H and O–H groups in total. The van der Waals surface area contributed by atoms with Crippen LogP contribution in [0, 0.1) is 6.92 Å². The van der Waals surface area contributed by atoms with Gasteiger partial charge in [0, 0.05) is 24.4 Å². The Labute approximate surface area is 121 Å². The molecule has 0 aliphatic heterocycles. The van der Waals surface area contributed by atoms with Gasteiger partial charge in [0.25, 0.3) is 0 Å². The highest BCUT2D eigenvalue weighted by Crippen LogP contribution is 2.26. The van der Waals surface area contributed by atoms with Crippen LogP contribution in [-0.2, 0) is 23.0 Å². The molecule has 0 fully saturated rings. The van der Waals surface area contributed by atoms with Gasteiger partial charge in [-0.1, -0.05) is 5.16 Å². The van der Waals surface area contributed by atoms with Gasteiger partial charge in [-0.2, -0.15) is 4.98 Å². The van der Waals surface area contributed by atoms with Gasteiger partial charge in [-0.05, 0) is 24.9 Å². The predicted octanol–water partition coefficient (Wildman–Crippen LogP) is 0.680. The Kier molecular flexibility index (Phi) is 4.86. The standard InChI is InChI=1S/C11H16N4O3S2/c1-8-6-19-9(5-12-2)11(8)20(16,17)14-4-3-10-13-7-18-15-10/h6-7,12,14H,3-5H2,1-2H3. The number of sulfonamides is 1. The third kappa shape index (κ3) is 3.42. The van der Waals surface area contributed by atoms with E-state index in [9.17, 15) is 8.42 Å². The van der Waals surface area contributed by atoms with Gasteiger partial charge in [0.05, 0.1) is 0 Å². The molecule has 2 aromatic rings. The van der Waals surface area contributed by atoms with Gasteiger partial charge in [-0.25, -0.2) is 13.1 Å². The smallest absolute Gasteiger partial charge is 0.241 e. The van der Waals surface area contributed by atoms with Crippen LogP contribution in [0.4, 0.5) is 0 Å². The molecular weight excluding hydrogens is 300 g/mol. The number of hydrogen-bond donors (Lipinski definition) is 2. The van der Waals surface area contributed by atoms with Crippen molar-refractivity contribution in [2.45, 2.75) is 24.8 Å². The van der Waals surface area contributed by atoms with E-state index >= 15 is 0 Å². The first kappa shape index (κ1) is 15.1. The molecule has 0 atom stereocenters. The van der Waals surface area contributed by atoms with Gasteiger partial charge >= 0.3 is 0 Å². The van der Waals surface area contributed by atoms with E-state index in [0.29, 0.717) is 23.7 Å². The fourth-order valence-corrected chi connectivity index (χ4v) is 4.65. The van der Waals surface area contributed by atoms with E-state index in [0.717, 1.165) is 10.4 Å². The Balaban J connectivity index is 2.08. The highest BCUT2D eigenvalue weighted by Gasteiger charge is 2.22. The molecule has 110 valence electrons. The summed E-state index contributed by atoms with van der Waals surface area (Å²) in [5.41, 5.74) is 0.757. The summed E-state index contributed by atoms with van der Waals surface area (Å²) < 4.78 is 31.8. The van der Waals surface area contributed by atoms with Gasteiger partial charge in [0.2, 0.25) is 16.4 Å². The van der Waals surface area contributed by atoms with Crippen LogP contribution in [0.2, 0.25) is 0 Å². The summed E-state index contributed by atoms with van der Waals surface area (Å²) in [4.78, 5) is 5.01. The molecule has 0 saturated heterocycles. The lowest BCUT2D eigenvalue weighted by atomic mass is 10.3. The van der Waals surface area contributed by atoms with Crippen LogP contribution in [0.1, 0.15) is 16.3 Å². The molecule has 2 heterocycles. The zero-order valence-corrected chi connectivity index (χ0v) is 12.8. The Morgan fingerprint density at radius 2 is 2.25 bits per heavy atom. The highest BCUT2D eigenvalue weighted by atomic mass is 32.2. The van der Waals surface area contributed by atoms with Gasteiger partial charge in [-0.3, -0.25) is 0 Å². The van der Waals surface area contributed by atoms with E-state index < -0.39 is 10.0 Å². The largest absolute Gasteiger partial charge is 0.343 e. The van der Waals surface area contributed by atoms with Crippen LogP contribution in [0.3, 0.4) is 0 Å². The Hall–Kier alpha value is -1.29. The third-order valence-corrected chi connectivity index (χ3v) is 5.57. The summed E-state index contributed by atoms with van der Waals surface area (Å²) in [5.74, 6) is 0.477. The van der Waals surface area contributed by atoms with Crippen LogP contribution >= 0.6 is 11.3 Å². The molecule has 2 rings (SSSR count). The Morgan fingerprint density at radius 3 is 2.90 bits per heavy atom. The van der Waals surface area contributed by atoms with Crippen molar-refractivity contribution in [2.75, 3.05) is 13.6 Å². The first-order valence-electron chi connectivity index (χ1n) is 6.01. The van der Waals surface area contributed by atoms with Gasteiger partial charge < -0.3 is 9.84 Å². The van der Waals surface area contributed by atoms with Crippen molar-refractivity contribution < 1.29 is 12.9 Å². The van der Waals surface area contributed by atoms with E-state index in [1.165, 1.54) is 17.7 Å². The maximum Gasteiger partial charge on any atom is 0.241 e. The van der Waals surface area contributed by atoms with Crippen molar-refractivity contribution in [3.63, 3.8) is 0 Å². The summed E-state index contributed by atoms with van der Waals surface area (Å²) in [6, 6.07) is 0. The molecule has 0 unspecified atom stereocenters. The van der Waals surface area contributed by atoms with Crippen molar-refractivity contribution in [2.24, 2.45) is 0 Å². The summed E-state index contributed by atoms with van der Waals surface area (Å²) in [6.07, 6.45) is 1.61. The summed E-state index contributed by atoms with van der Waals surface area (Å²) in [5, 5.41) is 8.46. The normalized spacial score (nSPS) is 11.9. The van der Waals surface area contributed by atoms with E-state index in [1.807, 2.05) is 5.38 Å². The molecule has 0 radical (unpaired) electrons. The fourth-order valence-electron chi connectivity index (χ4n) is 1.80. The molecule has 0 aromatic carbocycles. The van der Waals surface area contributed by atoms with Crippen LogP contribution in [-0.4, -0.2) is 32.2 Å². The topological polar surface area (TPSA) is 97.1 Å². The summed E-state index contributed by atoms with van der Waals surface area (Å²) in [7, 11) is -1.73. The minimum Gasteiger partial charge on any atom is -0.343 e. The molecule has 0 bridgehead atoms. The number of nitrogens with zero attached hydrogens (tertiary/aromatic N) is 2. The third-order valence-electron chi connectivity index (χ3n) is 2.64. The molecule has 20 heavy (non-hydrogen) atoms. The van der Waals surface area contributed by atoms with Gasteiger partial charge in [0.1, 0.15) is 4.90 Å². The van der Waals surface area contributed by atoms with Crippen molar-refractivity contribution in [3.8, 4) is 0 Å². The average Bonchev–Trinajstić information content (AvgIpc) is 3.00.